The van der Waals surface area contributed by atoms with E-state index >= 15 is 0 Å². The zero-order valence-corrected chi connectivity index (χ0v) is 19.0. The van der Waals surface area contributed by atoms with Gasteiger partial charge >= 0.3 is 0 Å². The summed E-state index contributed by atoms with van der Waals surface area (Å²) in [6, 6.07) is 16.7. The molecule has 0 fully saturated rings. The summed E-state index contributed by atoms with van der Waals surface area (Å²) in [6.07, 6.45) is 1.48. The Kier molecular flexibility index (Phi) is 6.58. The van der Waals surface area contributed by atoms with Gasteiger partial charge in [-0.3, -0.25) is 14.9 Å². The van der Waals surface area contributed by atoms with Crippen molar-refractivity contribution in [1.29, 1.82) is 0 Å². The largest absolute Gasteiger partial charge is 0.318 e. The van der Waals surface area contributed by atoms with Gasteiger partial charge in [0, 0.05) is 34.3 Å². The molecule has 7 heteroatoms. The molecule has 0 atom stereocenters. The first-order valence-electron chi connectivity index (χ1n) is 10.4. The molecule has 0 radical (unpaired) electrons. The van der Waals surface area contributed by atoms with Crippen molar-refractivity contribution in [3.8, 4) is 5.69 Å². The van der Waals surface area contributed by atoms with Crippen molar-refractivity contribution in [3.05, 3.63) is 92.8 Å². The maximum atomic E-state index is 12.2. The molecule has 1 heterocycles. The number of rotatable bonds is 6. The zero-order valence-electron chi connectivity index (χ0n) is 19.0. The Hall–Kier alpha value is -3.74. The van der Waals surface area contributed by atoms with Crippen molar-refractivity contribution in [3.63, 3.8) is 0 Å². The Morgan fingerprint density at radius 1 is 1.12 bits per heavy atom. The highest BCUT2D eigenvalue weighted by Crippen LogP contribution is 2.25. The van der Waals surface area contributed by atoms with E-state index in [2.05, 4.69) is 60.1 Å². The second kappa shape index (κ2) is 9.18. The fraction of sp³-hybridized carbons (Fsp3) is 0.280. The Morgan fingerprint density at radius 2 is 1.78 bits per heavy atom. The predicted octanol–water partition coefficient (Wildman–Crippen LogP) is 4.99. The smallest absolute Gasteiger partial charge is 0.273 e. The van der Waals surface area contributed by atoms with Crippen molar-refractivity contribution in [2.24, 2.45) is 5.10 Å². The third-order valence-corrected chi connectivity index (χ3v) is 5.39. The number of amides is 1. The maximum absolute atomic E-state index is 12.2. The molecule has 3 rings (SSSR count). The van der Waals surface area contributed by atoms with Gasteiger partial charge in [-0.15, -0.1) is 0 Å². The molecule has 0 aliphatic rings. The first-order valence-corrected chi connectivity index (χ1v) is 10.4. The fourth-order valence-corrected chi connectivity index (χ4v) is 3.65. The lowest BCUT2D eigenvalue weighted by Gasteiger charge is -2.20. The second-order valence-corrected chi connectivity index (χ2v) is 8.81. The number of hydrogen-bond acceptors (Lipinski definition) is 4. The average molecular weight is 433 g/mol. The Bertz CT molecular complexity index is 1170. The standard InChI is InChI=1S/C25H28N4O3/c1-17-14-20(18(2)28(17)22-12-10-21(11-13-22)25(3,4)5)16-26-27-24(30)15-19-8-6-7-9-23(19)29(31)32/h6-14,16H,15H2,1-5H3,(H,27,30). The van der Waals surface area contributed by atoms with Crippen molar-refractivity contribution in [1.82, 2.24) is 9.99 Å². The van der Waals surface area contributed by atoms with E-state index in [1.165, 1.54) is 11.6 Å². The minimum absolute atomic E-state index is 0.0762. The number of aryl methyl sites for hydroxylation is 1. The van der Waals surface area contributed by atoms with Crippen LogP contribution in [0.5, 0.6) is 0 Å². The number of carbonyl (C=O) groups is 1. The summed E-state index contributed by atoms with van der Waals surface area (Å²) < 4.78 is 2.14. The summed E-state index contributed by atoms with van der Waals surface area (Å²) in [5.74, 6) is -0.415. The lowest BCUT2D eigenvalue weighted by molar-refractivity contribution is -0.385. The van der Waals surface area contributed by atoms with E-state index in [1.807, 2.05) is 19.9 Å². The first-order chi connectivity index (χ1) is 15.1. The zero-order chi connectivity index (χ0) is 23.5. The third-order valence-electron chi connectivity index (χ3n) is 5.39. The van der Waals surface area contributed by atoms with Crippen molar-refractivity contribution in [2.45, 2.75) is 46.5 Å². The minimum atomic E-state index is -0.491. The van der Waals surface area contributed by atoms with E-state index in [4.69, 9.17) is 0 Å². The summed E-state index contributed by atoms with van der Waals surface area (Å²) in [4.78, 5) is 22.8. The molecule has 0 unspecified atom stereocenters. The van der Waals surface area contributed by atoms with Crippen LogP contribution in [0.25, 0.3) is 5.69 Å². The maximum Gasteiger partial charge on any atom is 0.273 e. The van der Waals surface area contributed by atoms with Gasteiger partial charge in [-0.05, 0) is 43.0 Å². The van der Waals surface area contributed by atoms with Gasteiger partial charge in [-0.25, -0.2) is 5.43 Å². The van der Waals surface area contributed by atoms with Gasteiger partial charge < -0.3 is 4.57 Å². The number of nitrogens with zero attached hydrogens (tertiary/aromatic N) is 3. The van der Waals surface area contributed by atoms with Crippen LogP contribution < -0.4 is 5.43 Å². The van der Waals surface area contributed by atoms with Crippen LogP contribution in [0, 0.1) is 24.0 Å². The molecule has 0 aliphatic carbocycles. The molecular formula is C25H28N4O3. The molecule has 1 amide bonds. The number of benzene rings is 2. The lowest BCUT2D eigenvalue weighted by Crippen LogP contribution is -2.20. The molecule has 0 saturated heterocycles. The number of nitro groups is 1. The molecule has 0 bridgehead atoms. The Labute approximate surface area is 187 Å². The van der Waals surface area contributed by atoms with Crippen LogP contribution in [0.3, 0.4) is 0 Å². The molecule has 7 nitrogen and oxygen atoms in total. The predicted molar refractivity (Wildman–Crippen MR) is 126 cm³/mol. The molecular weight excluding hydrogens is 404 g/mol. The fourth-order valence-electron chi connectivity index (χ4n) is 3.65. The number of hydrogen-bond donors (Lipinski definition) is 1. The molecule has 166 valence electrons. The van der Waals surface area contributed by atoms with Crippen molar-refractivity contribution < 1.29 is 9.72 Å². The minimum Gasteiger partial charge on any atom is -0.318 e. The molecule has 2 aromatic carbocycles. The van der Waals surface area contributed by atoms with Crippen LogP contribution in [0.2, 0.25) is 0 Å². The SMILES string of the molecule is Cc1cc(C=NNC(=O)Cc2ccccc2[N+](=O)[O-])c(C)n1-c1ccc(C(C)(C)C)cc1. The number of nitro benzene ring substituents is 1. The van der Waals surface area contributed by atoms with Gasteiger partial charge in [-0.1, -0.05) is 51.1 Å². The van der Waals surface area contributed by atoms with E-state index < -0.39 is 10.8 Å². The number of aromatic nitrogens is 1. The monoisotopic (exact) mass is 432 g/mol. The summed E-state index contributed by atoms with van der Waals surface area (Å²) in [5.41, 5.74) is 8.10. The van der Waals surface area contributed by atoms with E-state index in [0.29, 0.717) is 5.56 Å². The average Bonchev–Trinajstić information content (AvgIpc) is 3.01. The van der Waals surface area contributed by atoms with E-state index in [0.717, 1.165) is 22.6 Å². The van der Waals surface area contributed by atoms with Gasteiger partial charge in [0.05, 0.1) is 17.6 Å². The highest BCUT2D eigenvalue weighted by atomic mass is 16.6. The third kappa shape index (κ3) is 5.11. The molecule has 0 saturated carbocycles. The molecule has 1 aromatic heterocycles. The number of nitrogens with one attached hydrogen (secondary N) is 1. The van der Waals surface area contributed by atoms with Gasteiger partial charge in [0.1, 0.15) is 0 Å². The van der Waals surface area contributed by atoms with Crippen molar-refractivity contribution in [2.75, 3.05) is 0 Å². The first kappa shape index (κ1) is 22.9. The van der Waals surface area contributed by atoms with Crippen LogP contribution in [0.4, 0.5) is 5.69 Å². The topological polar surface area (TPSA) is 89.5 Å². The van der Waals surface area contributed by atoms with E-state index in [1.54, 1.807) is 24.4 Å². The normalized spacial score (nSPS) is 11.7. The van der Waals surface area contributed by atoms with E-state index in [-0.39, 0.29) is 17.5 Å². The Balaban J connectivity index is 1.72. The highest BCUT2D eigenvalue weighted by molar-refractivity contribution is 5.85. The molecule has 0 spiro atoms. The van der Waals surface area contributed by atoms with Crippen LogP contribution in [0.15, 0.2) is 59.7 Å². The summed E-state index contributed by atoms with van der Waals surface area (Å²) in [6.45, 7) is 10.6. The van der Waals surface area contributed by atoms with Gasteiger partial charge in [0.2, 0.25) is 5.91 Å². The highest BCUT2D eigenvalue weighted by Gasteiger charge is 2.16. The molecule has 3 aromatic rings. The van der Waals surface area contributed by atoms with Crippen LogP contribution >= 0.6 is 0 Å². The number of carbonyl (C=O) groups excluding carboxylic acids is 1. The van der Waals surface area contributed by atoms with Gasteiger partial charge in [-0.2, -0.15) is 5.10 Å². The van der Waals surface area contributed by atoms with E-state index in [9.17, 15) is 14.9 Å². The summed E-state index contributed by atoms with van der Waals surface area (Å²) >= 11 is 0. The number of hydrazone groups is 1. The lowest BCUT2D eigenvalue weighted by atomic mass is 9.87. The Morgan fingerprint density at radius 3 is 2.41 bits per heavy atom. The van der Waals surface area contributed by atoms with Crippen molar-refractivity contribution >= 4 is 17.8 Å². The summed E-state index contributed by atoms with van der Waals surface area (Å²) in [5, 5.41) is 15.2. The summed E-state index contributed by atoms with van der Waals surface area (Å²) in [7, 11) is 0. The van der Waals surface area contributed by atoms with Crippen LogP contribution in [-0.2, 0) is 16.6 Å². The molecule has 0 aliphatic heterocycles. The number of para-hydroxylation sites is 1. The second-order valence-electron chi connectivity index (χ2n) is 8.81. The quantitative estimate of drug-likeness (QED) is 0.338. The molecule has 32 heavy (non-hydrogen) atoms. The van der Waals surface area contributed by atoms with Crippen LogP contribution in [-0.4, -0.2) is 21.6 Å². The van der Waals surface area contributed by atoms with Gasteiger partial charge in [0.25, 0.3) is 5.69 Å². The van der Waals surface area contributed by atoms with Gasteiger partial charge in [0.15, 0.2) is 0 Å². The molecule has 1 N–H and O–H groups in total. The van der Waals surface area contributed by atoms with Crippen LogP contribution in [0.1, 0.15) is 48.8 Å².